The largest absolute Gasteiger partial charge is 0.444 e. The molecule has 3 aromatic rings. The lowest BCUT2D eigenvalue weighted by molar-refractivity contribution is 0.0636. The van der Waals surface area contributed by atoms with Gasteiger partial charge in [0.2, 0.25) is 0 Å². The Morgan fingerprint density at radius 3 is 2.48 bits per heavy atom. The first kappa shape index (κ1) is 21.1. The number of fused-ring (bicyclic) bond motifs is 1. The van der Waals surface area contributed by atoms with E-state index >= 15 is 0 Å². The number of hydrogen-bond donors (Lipinski definition) is 1. The fourth-order valence-electron chi connectivity index (χ4n) is 2.83. The lowest BCUT2D eigenvalue weighted by atomic mass is 10.1. The molecule has 29 heavy (non-hydrogen) atoms. The van der Waals surface area contributed by atoms with Crippen molar-refractivity contribution in [3.05, 3.63) is 58.7 Å². The first-order valence-electron chi connectivity index (χ1n) is 8.63. The number of ether oxygens (including phenoxy) is 1. The van der Waals surface area contributed by atoms with Gasteiger partial charge >= 0.3 is 6.09 Å². The zero-order chi connectivity index (χ0) is 21.4. The van der Waals surface area contributed by atoms with Gasteiger partial charge in [-0.1, -0.05) is 28.1 Å². The normalized spacial score (nSPS) is 12.0. The first-order valence-corrected chi connectivity index (χ1v) is 10.9. The van der Waals surface area contributed by atoms with Crippen LogP contribution in [-0.4, -0.2) is 30.4 Å². The van der Waals surface area contributed by atoms with Crippen molar-refractivity contribution < 1.29 is 22.7 Å². The van der Waals surface area contributed by atoms with Gasteiger partial charge in [-0.2, -0.15) is 0 Å². The topological polar surface area (TPSA) is 94.5 Å². The van der Waals surface area contributed by atoms with E-state index < -0.39 is 21.7 Å². The number of rotatable bonds is 4. The number of anilines is 1. The highest BCUT2D eigenvalue weighted by atomic mass is 79.9. The summed E-state index contributed by atoms with van der Waals surface area (Å²) in [6.45, 7) is 5.18. The molecule has 7 nitrogen and oxygen atoms in total. The molecule has 0 saturated heterocycles. The molecule has 1 N–H and O–H groups in total. The molecule has 0 atom stereocenters. The van der Waals surface area contributed by atoms with Gasteiger partial charge in [0.05, 0.1) is 16.1 Å². The average molecular weight is 479 g/mol. The fraction of sp³-hybridized carbons (Fsp3) is 0.200. The second-order valence-corrected chi connectivity index (χ2v) is 10.0. The van der Waals surface area contributed by atoms with Crippen LogP contribution in [0.15, 0.2) is 58.0 Å². The summed E-state index contributed by atoms with van der Waals surface area (Å²) in [7, 11) is -3.97. The molecular weight excluding hydrogens is 460 g/mol. The second kappa shape index (κ2) is 7.64. The van der Waals surface area contributed by atoms with E-state index in [1.165, 1.54) is 18.3 Å². The first-order chi connectivity index (χ1) is 13.5. The molecule has 0 aliphatic carbocycles. The smallest absolute Gasteiger partial charge is 0.412 e. The highest BCUT2D eigenvalue weighted by Crippen LogP contribution is 2.31. The van der Waals surface area contributed by atoms with Crippen LogP contribution in [0, 0.1) is 0 Å². The van der Waals surface area contributed by atoms with Crippen molar-refractivity contribution in [3.8, 4) is 0 Å². The maximum absolute atomic E-state index is 13.2. The summed E-state index contributed by atoms with van der Waals surface area (Å²) < 4.78 is 33.2. The number of halogens is 1. The summed E-state index contributed by atoms with van der Waals surface area (Å²) in [4.78, 5) is 23.9. The Morgan fingerprint density at radius 2 is 1.86 bits per heavy atom. The Labute approximate surface area is 176 Å². The molecule has 0 spiro atoms. The van der Waals surface area contributed by atoms with Gasteiger partial charge in [0.15, 0.2) is 6.29 Å². The van der Waals surface area contributed by atoms with Gasteiger partial charge in [0.25, 0.3) is 10.0 Å². The molecule has 0 radical (unpaired) electrons. The molecule has 0 bridgehead atoms. The zero-order valence-electron chi connectivity index (χ0n) is 16.0. The van der Waals surface area contributed by atoms with Crippen molar-refractivity contribution in [3.63, 3.8) is 0 Å². The second-order valence-electron chi connectivity index (χ2n) is 7.29. The van der Waals surface area contributed by atoms with Crippen LogP contribution in [0.1, 0.15) is 31.1 Å². The molecule has 0 aliphatic heterocycles. The van der Waals surface area contributed by atoms with Gasteiger partial charge in [-0.15, -0.1) is 0 Å². The summed E-state index contributed by atoms with van der Waals surface area (Å²) in [6.07, 6.45) is 1.09. The van der Waals surface area contributed by atoms with Crippen molar-refractivity contribution in [2.75, 3.05) is 5.32 Å². The molecule has 3 rings (SSSR count). The minimum Gasteiger partial charge on any atom is -0.444 e. The van der Waals surface area contributed by atoms with Gasteiger partial charge in [-0.25, -0.2) is 17.2 Å². The number of benzene rings is 2. The number of carbonyl (C=O) groups is 2. The van der Waals surface area contributed by atoms with Crippen LogP contribution < -0.4 is 5.32 Å². The predicted molar refractivity (Wildman–Crippen MR) is 114 cm³/mol. The van der Waals surface area contributed by atoms with Crippen molar-refractivity contribution >= 4 is 54.9 Å². The van der Waals surface area contributed by atoms with Crippen LogP contribution in [0.3, 0.4) is 0 Å². The van der Waals surface area contributed by atoms with E-state index in [0.717, 1.165) is 3.97 Å². The number of hydrogen-bond acceptors (Lipinski definition) is 5. The molecule has 0 aliphatic rings. The van der Waals surface area contributed by atoms with Gasteiger partial charge in [0.1, 0.15) is 5.60 Å². The minimum atomic E-state index is -3.97. The van der Waals surface area contributed by atoms with Gasteiger partial charge in [0, 0.05) is 21.6 Å². The van der Waals surface area contributed by atoms with Crippen LogP contribution >= 0.6 is 15.9 Å². The molecule has 0 saturated carbocycles. The molecule has 0 fully saturated rings. The monoisotopic (exact) mass is 478 g/mol. The van der Waals surface area contributed by atoms with Crippen molar-refractivity contribution in [1.29, 1.82) is 0 Å². The minimum absolute atomic E-state index is 0.0618. The average Bonchev–Trinajstić information content (AvgIpc) is 3.00. The van der Waals surface area contributed by atoms with E-state index in [-0.39, 0.29) is 21.7 Å². The Balaban J connectivity index is 2.15. The summed E-state index contributed by atoms with van der Waals surface area (Å²) in [5.74, 6) is 0. The lowest BCUT2D eigenvalue weighted by Crippen LogP contribution is -2.27. The Morgan fingerprint density at radius 1 is 1.17 bits per heavy atom. The Hall–Kier alpha value is -2.65. The summed E-state index contributed by atoms with van der Waals surface area (Å²) in [6, 6.07) is 11.0. The van der Waals surface area contributed by atoms with Crippen LogP contribution in [0.25, 0.3) is 10.9 Å². The molecule has 152 valence electrons. The highest BCUT2D eigenvalue weighted by molar-refractivity contribution is 9.10. The summed E-state index contributed by atoms with van der Waals surface area (Å²) in [5.41, 5.74) is -0.0329. The molecule has 1 heterocycles. The molecule has 2 aromatic carbocycles. The maximum atomic E-state index is 13.2. The Bertz CT molecular complexity index is 1210. The van der Waals surface area contributed by atoms with E-state index in [1.807, 2.05) is 0 Å². The van der Waals surface area contributed by atoms with Gasteiger partial charge in [-0.05, 0) is 51.1 Å². The van der Waals surface area contributed by atoms with Crippen molar-refractivity contribution in [2.45, 2.75) is 31.3 Å². The maximum Gasteiger partial charge on any atom is 0.412 e. The molecule has 0 unspecified atom stereocenters. The van der Waals surface area contributed by atoms with Crippen molar-refractivity contribution in [1.82, 2.24) is 3.97 Å². The van der Waals surface area contributed by atoms with Crippen molar-refractivity contribution in [2.24, 2.45) is 0 Å². The van der Waals surface area contributed by atoms with Crippen LogP contribution in [0.2, 0.25) is 0 Å². The number of carbonyl (C=O) groups excluding carboxylic acids is 2. The summed E-state index contributed by atoms with van der Waals surface area (Å²) in [5, 5.41) is 2.91. The molecular formula is C20H19BrN2O5S. The number of nitrogens with zero attached hydrogens (tertiary/aromatic N) is 1. The van der Waals surface area contributed by atoms with E-state index in [4.69, 9.17) is 4.74 Å². The standard InChI is InChI=1S/C20H19BrN2O5S/c1-20(2,3)28-19(25)22-16-8-5-9-17-18(16)13(12-24)11-23(17)29(26,27)15-7-4-6-14(21)10-15/h4-12H,1-3H3,(H,22,25). The number of nitrogens with one attached hydrogen (secondary N) is 1. The van der Waals surface area contributed by atoms with Gasteiger partial charge in [-0.3, -0.25) is 10.1 Å². The fourth-order valence-corrected chi connectivity index (χ4v) is 4.80. The third-order valence-electron chi connectivity index (χ3n) is 3.94. The quantitative estimate of drug-likeness (QED) is 0.543. The van der Waals surface area contributed by atoms with Crippen LogP contribution in [-0.2, 0) is 14.8 Å². The van der Waals surface area contributed by atoms with E-state index in [0.29, 0.717) is 16.1 Å². The van der Waals surface area contributed by atoms with E-state index in [9.17, 15) is 18.0 Å². The third-order valence-corrected chi connectivity index (χ3v) is 6.10. The van der Waals surface area contributed by atoms with Gasteiger partial charge < -0.3 is 4.74 Å². The molecule has 9 heteroatoms. The lowest BCUT2D eigenvalue weighted by Gasteiger charge is -2.20. The van der Waals surface area contributed by atoms with E-state index in [2.05, 4.69) is 21.2 Å². The predicted octanol–water partition coefficient (Wildman–Crippen LogP) is 4.80. The SMILES string of the molecule is CC(C)(C)OC(=O)Nc1cccc2c1c(C=O)cn2S(=O)(=O)c1cccc(Br)c1. The summed E-state index contributed by atoms with van der Waals surface area (Å²) >= 11 is 3.27. The third kappa shape index (κ3) is 4.35. The number of aromatic nitrogens is 1. The van der Waals surface area contributed by atoms with Crippen LogP contribution in [0.4, 0.5) is 10.5 Å². The highest BCUT2D eigenvalue weighted by Gasteiger charge is 2.24. The number of amides is 1. The molecule has 1 amide bonds. The van der Waals surface area contributed by atoms with E-state index in [1.54, 1.807) is 51.1 Å². The Kier molecular flexibility index (Phi) is 5.55. The molecule has 1 aromatic heterocycles. The zero-order valence-corrected chi connectivity index (χ0v) is 18.4. The number of aldehydes is 1. The van der Waals surface area contributed by atoms with Crippen LogP contribution in [0.5, 0.6) is 0 Å².